The zero-order valence-electron chi connectivity index (χ0n) is 14.2. The van der Waals surface area contributed by atoms with Crippen molar-refractivity contribution in [2.45, 2.75) is 38.4 Å². The van der Waals surface area contributed by atoms with E-state index in [1.807, 2.05) is 34.0 Å². The number of carbonyl (C=O) groups is 1. The van der Waals surface area contributed by atoms with E-state index in [2.05, 4.69) is 15.4 Å². The molecule has 132 valence electrons. The second-order valence-electron chi connectivity index (χ2n) is 6.78. The summed E-state index contributed by atoms with van der Waals surface area (Å²) in [7, 11) is 0. The Bertz CT molecular complexity index is 707. The van der Waals surface area contributed by atoms with Crippen LogP contribution in [0.15, 0.2) is 36.8 Å². The molecule has 0 spiro atoms. The van der Waals surface area contributed by atoms with E-state index in [4.69, 9.17) is 4.74 Å². The molecule has 1 N–H and O–H groups in total. The maximum Gasteiger partial charge on any atom is 0.323 e. The van der Waals surface area contributed by atoms with Crippen molar-refractivity contribution in [3.05, 3.63) is 42.4 Å². The molecule has 1 aliphatic heterocycles. The number of rotatable bonds is 6. The molecule has 0 unspecified atom stereocenters. The van der Waals surface area contributed by atoms with Gasteiger partial charge < -0.3 is 9.64 Å². The van der Waals surface area contributed by atoms with E-state index < -0.39 is 0 Å². The van der Waals surface area contributed by atoms with Crippen molar-refractivity contribution in [2.75, 3.05) is 18.5 Å². The van der Waals surface area contributed by atoms with Gasteiger partial charge in [0.2, 0.25) is 0 Å². The van der Waals surface area contributed by atoms with Crippen molar-refractivity contribution in [1.82, 2.24) is 19.7 Å². The van der Waals surface area contributed by atoms with Crippen LogP contribution in [0.25, 0.3) is 0 Å². The molecule has 1 atom stereocenters. The minimum atomic E-state index is -0.0734. The Morgan fingerprint density at radius 1 is 1.32 bits per heavy atom. The van der Waals surface area contributed by atoms with E-state index in [9.17, 15) is 4.79 Å². The van der Waals surface area contributed by atoms with Crippen molar-refractivity contribution in [3.8, 4) is 0 Å². The number of hydrogen-bond acceptors (Lipinski definition) is 4. The lowest BCUT2D eigenvalue weighted by Crippen LogP contribution is -2.37. The van der Waals surface area contributed by atoms with Gasteiger partial charge in [0, 0.05) is 50.1 Å². The number of aromatic nitrogens is 3. The Kier molecular flexibility index (Phi) is 4.65. The van der Waals surface area contributed by atoms with Gasteiger partial charge in [-0.25, -0.2) is 9.48 Å². The maximum atomic E-state index is 12.8. The van der Waals surface area contributed by atoms with Gasteiger partial charge in [-0.2, -0.15) is 5.10 Å². The average molecular weight is 341 g/mol. The van der Waals surface area contributed by atoms with E-state index in [1.54, 1.807) is 12.4 Å². The van der Waals surface area contributed by atoms with Gasteiger partial charge >= 0.3 is 6.03 Å². The third-order valence-corrected chi connectivity index (χ3v) is 4.73. The van der Waals surface area contributed by atoms with Gasteiger partial charge in [0.05, 0.1) is 12.8 Å². The lowest BCUT2D eigenvalue weighted by molar-refractivity contribution is 0.181. The number of hydrogen-bond donors (Lipinski definition) is 1. The summed E-state index contributed by atoms with van der Waals surface area (Å²) in [5.41, 5.74) is 1.04. The monoisotopic (exact) mass is 341 g/mol. The largest absolute Gasteiger partial charge is 0.381 e. The third-order valence-electron chi connectivity index (χ3n) is 4.73. The lowest BCUT2D eigenvalue weighted by atomic mass is 10.1. The summed E-state index contributed by atoms with van der Waals surface area (Å²) in [5.74, 6) is 1.21. The summed E-state index contributed by atoms with van der Waals surface area (Å²) in [5, 5.41) is 7.39. The van der Waals surface area contributed by atoms with Crippen molar-refractivity contribution in [2.24, 2.45) is 5.92 Å². The van der Waals surface area contributed by atoms with Crippen LogP contribution in [0.4, 0.5) is 10.6 Å². The Morgan fingerprint density at radius 3 is 2.96 bits per heavy atom. The second kappa shape index (κ2) is 7.23. The van der Waals surface area contributed by atoms with Crippen LogP contribution in [0, 0.1) is 5.92 Å². The molecule has 1 saturated heterocycles. The van der Waals surface area contributed by atoms with Crippen LogP contribution in [-0.2, 0) is 17.8 Å². The molecule has 2 aliphatic rings. The number of pyridine rings is 1. The molecule has 7 heteroatoms. The first-order valence-corrected chi connectivity index (χ1v) is 8.85. The fourth-order valence-electron chi connectivity index (χ4n) is 3.18. The topological polar surface area (TPSA) is 72.3 Å². The van der Waals surface area contributed by atoms with Crippen LogP contribution in [0.2, 0.25) is 0 Å². The molecule has 4 rings (SSSR count). The Morgan fingerprint density at radius 2 is 2.24 bits per heavy atom. The molecule has 2 aromatic heterocycles. The van der Waals surface area contributed by atoms with Crippen LogP contribution in [0.1, 0.15) is 24.8 Å². The highest BCUT2D eigenvalue weighted by molar-refractivity contribution is 5.88. The molecule has 25 heavy (non-hydrogen) atoms. The van der Waals surface area contributed by atoms with Gasteiger partial charge in [0.25, 0.3) is 0 Å². The summed E-state index contributed by atoms with van der Waals surface area (Å²) >= 11 is 0. The normalized spacial score (nSPS) is 19.8. The molecule has 2 aromatic rings. The van der Waals surface area contributed by atoms with Crippen molar-refractivity contribution in [3.63, 3.8) is 0 Å². The van der Waals surface area contributed by atoms with Gasteiger partial charge in [0.15, 0.2) is 0 Å². The van der Waals surface area contributed by atoms with Crippen LogP contribution < -0.4 is 5.32 Å². The molecule has 1 saturated carbocycles. The lowest BCUT2D eigenvalue weighted by Gasteiger charge is -2.23. The van der Waals surface area contributed by atoms with E-state index in [1.165, 1.54) is 0 Å². The Balaban J connectivity index is 1.42. The summed E-state index contributed by atoms with van der Waals surface area (Å²) in [4.78, 5) is 18.9. The molecule has 0 radical (unpaired) electrons. The summed E-state index contributed by atoms with van der Waals surface area (Å²) in [6.07, 6.45) is 8.46. The van der Waals surface area contributed by atoms with Crippen LogP contribution >= 0.6 is 0 Å². The van der Waals surface area contributed by atoms with E-state index in [-0.39, 0.29) is 6.03 Å². The highest BCUT2D eigenvalue weighted by Crippen LogP contribution is 2.29. The van der Waals surface area contributed by atoms with E-state index in [0.29, 0.717) is 18.5 Å². The van der Waals surface area contributed by atoms with Gasteiger partial charge in [0.1, 0.15) is 5.82 Å². The third kappa shape index (κ3) is 3.99. The molecule has 3 heterocycles. The van der Waals surface area contributed by atoms with Crippen LogP contribution in [0.5, 0.6) is 0 Å². The van der Waals surface area contributed by atoms with Crippen molar-refractivity contribution < 1.29 is 9.53 Å². The summed E-state index contributed by atoms with van der Waals surface area (Å²) in [6, 6.07) is 6.00. The van der Waals surface area contributed by atoms with Gasteiger partial charge in [-0.15, -0.1) is 0 Å². The fraction of sp³-hybridized carbons (Fsp3) is 0.500. The van der Waals surface area contributed by atoms with E-state index >= 15 is 0 Å². The highest BCUT2D eigenvalue weighted by atomic mass is 16.5. The van der Waals surface area contributed by atoms with Crippen molar-refractivity contribution >= 4 is 11.8 Å². The quantitative estimate of drug-likeness (QED) is 0.876. The second-order valence-corrected chi connectivity index (χ2v) is 6.78. The average Bonchev–Trinajstić information content (AvgIpc) is 3.17. The number of nitrogens with zero attached hydrogens (tertiary/aromatic N) is 4. The molecule has 2 amide bonds. The zero-order chi connectivity index (χ0) is 17.1. The molecule has 1 aliphatic carbocycles. The Hall–Kier alpha value is -2.41. The standard InChI is InChI=1S/C18H23N5O2/c24-18(22(16-3-4-16)11-14-2-1-7-19-10-14)21-17-5-8-20-23(17)12-15-6-9-25-13-15/h1-2,5,7-8,10,15-16H,3-4,6,9,11-13H2,(H,21,24)/t15-/m1/s1. The molecule has 0 bridgehead atoms. The summed E-state index contributed by atoms with van der Waals surface area (Å²) < 4.78 is 7.30. The number of urea groups is 1. The summed E-state index contributed by atoms with van der Waals surface area (Å²) in [6.45, 7) is 2.93. The van der Waals surface area contributed by atoms with Crippen molar-refractivity contribution in [1.29, 1.82) is 0 Å². The highest BCUT2D eigenvalue weighted by Gasteiger charge is 2.33. The maximum absolute atomic E-state index is 12.8. The number of anilines is 1. The SMILES string of the molecule is O=C(Nc1ccnn1C[C@H]1CCOC1)N(Cc1cccnc1)C1CC1. The molecular formula is C18H23N5O2. The predicted molar refractivity (Wildman–Crippen MR) is 93.0 cm³/mol. The smallest absolute Gasteiger partial charge is 0.323 e. The van der Waals surface area contributed by atoms with Crippen LogP contribution in [0.3, 0.4) is 0 Å². The van der Waals surface area contributed by atoms with Crippen LogP contribution in [-0.4, -0.2) is 45.0 Å². The predicted octanol–water partition coefficient (Wildman–Crippen LogP) is 2.51. The van der Waals surface area contributed by atoms with Gasteiger partial charge in [-0.3, -0.25) is 10.3 Å². The molecule has 0 aromatic carbocycles. The molecule has 2 fully saturated rings. The number of ether oxygens (including phenoxy) is 1. The number of carbonyl (C=O) groups excluding carboxylic acids is 1. The van der Waals surface area contributed by atoms with Gasteiger partial charge in [-0.05, 0) is 30.9 Å². The Labute approximate surface area is 147 Å². The van der Waals surface area contributed by atoms with E-state index in [0.717, 1.165) is 50.4 Å². The van der Waals surface area contributed by atoms with Gasteiger partial charge in [-0.1, -0.05) is 6.07 Å². The first kappa shape index (κ1) is 16.1. The zero-order valence-corrected chi connectivity index (χ0v) is 14.2. The minimum absolute atomic E-state index is 0.0734. The number of amides is 2. The minimum Gasteiger partial charge on any atom is -0.381 e. The first-order valence-electron chi connectivity index (χ1n) is 8.85. The molecular weight excluding hydrogens is 318 g/mol. The number of nitrogens with one attached hydrogen (secondary N) is 1. The fourth-order valence-corrected chi connectivity index (χ4v) is 3.18. The first-order chi connectivity index (χ1) is 12.3. The molecule has 7 nitrogen and oxygen atoms in total.